The second kappa shape index (κ2) is 31.5. The highest BCUT2D eigenvalue weighted by Gasteiger charge is 2.65. The van der Waals surface area contributed by atoms with Crippen molar-refractivity contribution < 1.29 is 64.4 Å². The van der Waals surface area contributed by atoms with Crippen LogP contribution in [0.3, 0.4) is 0 Å². The molecule has 19 heteroatoms. The van der Waals surface area contributed by atoms with E-state index in [1.807, 2.05) is 27.7 Å². The lowest BCUT2D eigenvalue weighted by molar-refractivity contribution is -0.219. The third-order valence-electron chi connectivity index (χ3n) is 19.5. The van der Waals surface area contributed by atoms with Gasteiger partial charge in [0.25, 0.3) is 0 Å². The molecule has 8 fully saturated rings. The summed E-state index contributed by atoms with van der Waals surface area (Å²) in [5.74, 6) is -2.61. The van der Waals surface area contributed by atoms with Crippen LogP contribution in [0.2, 0.25) is 0 Å². The number of allylic oxidation sites excluding steroid dienone is 1. The molecule has 8 bridgehead atoms. The van der Waals surface area contributed by atoms with Crippen LogP contribution in [0.1, 0.15) is 119 Å². The zero-order valence-corrected chi connectivity index (χ0v) is 59.1. The molecular weight excluding hydrogens is 1300 g/mol. The van der Waals surface area contributed by atoms with Crippen LogP contribution in [0, 0.1) is 45.3 Å². The van der Waals surface area contributed by atoms with Gasteiger partial charge in [-0.25, -0.2) is 21.6 Å². The summed E-state index contributed by atoms with van der Waals surface area (Å²) in [6.07, 6.45) is 11.5. The van der Waals surface area contributed by atoms with Crippen LogP contribution in [0.15, 0.2) is 236 Å². The minimum absolute atomic E-state index is 0.0146. The summed E-state index contributed by atoms with van der Waals surface area (Å²) in [6, 6.07) is 64.3. The third-order valence-corrected chi connectivity index (χ3v) is 25.5. The number of rotatable bonds is 19. The van der Waals surface area contributed by atoms with Gasteiger partial charge in [-0.3, -0.25) is 14.4 Å². The molecule has 0 aromatic heterocycles. The summed E-state index contributed by atoms with van der Waals surface area (Å²) in [4.78, 5) is 53.5. The first kappa shape index (κ1) is 74.4. The van der Waals surface area contributed by atoms with E-state index in [-0.39, 0.29) is 56.7 Å². The fourth-order valence-electron chi connectivity index (χ4n) is 16.1. The predicted octanol–water partition coefficient (Wildman–Crippen LogP) is 14.9. The molecule has 14 rings (SSSR count). The Labute approximate surface area is 572 Å². The Balaban J connectivity index is 0.000000159. The molecule has 8 aliphatic carbocycles. The fourth-order valence-corrected chi connectivity index (χ4v) is 21.0. The van der Waals surface area contributed by atoms with Crippen LogP contribution in [-0.4, -0.2) is 90.1 Å². The summed E-state index contributed by atoms with van der Waals surface area (Å²) in [5, 5.41) is 10.2. The molecule has 0 saturated heterocycles. The number of carbonyl (C=O) groups excluding carboxylic acids is 4. The van der Waals surface area contributed by atoms with Crippen molar-refractivity contribution in [1.29, 1.82) is 0 Å². The molecule has 1 N–H and O–H groups in total. The molecule has 95 heavy (non-hydrogen) atoms. The first-order chi connectivity index (χ1) is 44.7. The maximum atomic E-state index is 12.2. The minimum atomic E-state index is -4.65. The number of hydrogen-bond donors (Lipinski definition) is 1. The van der Waals surface area contributed by atoms with E-state index in [0.717, 1.165) is 70.6 Å². The van der Waals surface area contributed by atoms with E-state index >= 15 is 0 Å². The van der Waals surface area contributed by atoms with Crippen LogP contribution in [0.5, 0.6) is 0 Å². The highest BCUT2D eigenvalue weighted by molar-refractivity contribution is 7.97. The van der Waals surface area contributed by atoms with E-state index in [1.54, 1.807) is 13.8 Å². The van der Waals surface area contributed by atoms with Crippen LogP contribution in [-0.2, 0) is 75.4 Å². The molecule has 14 nitrogen and oxygen atoms in total. The minimum Gasteiger partial charge on any atom is -0.748 e. The van der Waals surface area contributed by atoms with Crippen LogP contribution < -0.4 is 0 Å². The molecular formula is C76H89ClO14S4. The van der Waals surface area contributed by atoms with Crippen molar-refractivity contribution >= 4 is 76.8 Å². The lowest BCUT2D eigenvalue weighted by Crippen LogP contribution is -2.61. The van der Waals surface area contributed by atoms with Gasteiger partial charge in [-0.15, -0.1) is 0 Å². The average molecular weight is 1390 g/mol. The largest absolute Gasteiger partial charge is 0.748 e. The quantitative estimate of drug-likeness (QED) is 0.0199. The Bertz CT molecular complexity index is 3480. The zero-order valence-electron chi connectivity index (χ0n) is 55.1. The van der Waals surface area contributed by atoms with Gasteiger partial charge in [-0.05, 0) is 232 Å². The molecule has 0 aliphatic heterocycles. The normalized spacial score (nSPS) is 24.3. The average Bonchev–Trinajstić information content (AvgIpc) is 0.714. The highest BCUT2D eigenvalue weighted by atomic mass is 35.5. The lowest BCUT2D eigenvalue weighted by Gasteiger charge is -2.65. The molecule has 4 unspecified atom stereocenters. The van der Waals surface area contributed by atoms with Gasteiger partial charge in [0.05, 0.1) is 40.6 Å². The van der Waals surface area contributed by atoms with Crippen LogP contribution >= 0.6 is 11.6 Å². The highest BCUT2D eigenvalue weighted by Crippen LogP contribution is 2.70. The summed E-state index contributed by atoms with van der Waals surface area (Å²) in [7, 11) is -9.28. The molecule has 508 valence electrons. The Kier molecular flexibility index (Phi) is 24.6. The van der Waals surface area contributed by atoms with Gasteiger partial charge in [-0.2, -0.15) is 0 Å². The van der Waals surface area contributed by atoms with E-state index in [9.17, 15) is 50.2 Å². The number of carbonyl (C=O) groups is 4. The Hall–Kier alpha value is -6.35. The molecule has 6 aromatic rings. The zero-order chi connectivity index (χ0) is 69.0. The first-order valence-corrected chi connectivity index (χ1v) is 38.1. The van der Waals surface area contributed by atoms with Gasteiger partial charge >= 0.3 is 17.9 Å². The predicted molar refractivity (Wildman–Crippen MR) is 370 cm³/mol. The van der Waals surface area contributed by atoms with Crippen molar-refractivity contribution in [1.82, 2.24) is 0 Å². The SMILES string of the molecule is C=C(C)C(=O)Cl.C=C(C)C(=O)OC(C)(C)C12CC3CC(CC(COC(=O)CS(=O)(=O)[O-])(C3)C1)C2.CC(C)(O)C12CC3CC(CC(COC(=O)CS(=O)(=O)[O-])(C3)C1)C2.c1ccc([S+](c2ccccc2)c2ccccc2)cc1.c1ccc([S+](c2ccccc2)c2ccccc2)cc1. The lowest BCUT2D eigenvalue weighted by atomic mass is 9.41. The molecule has 8 saturated carbocycles. The van der Waals surface area contributed by atoms with Gasteiger partial charge < -0.3 is 28.4 Å². The monoisotopic (exact) mass is 1390 g/mol. The topological polar surface area (TPSA) is 231 Å². The third kappa shape index (κ3) is 20.1. The van der Waals surface area contributed by atoms with Gasteiger partial charge in [0.15, 0.2) is 29.4 Å². The smallest absolute Gasteiger partial charge is 0.333 e. The van der Waals surface area contributed by atoms with E-state index in [4.69, 9.17) is 25.8 Å². The molecule has 0 amide bonds. The van der Waals surface area contributed by atoms with E-state index in [0.29, 0.717) is 34.8 Å². The van der Waals surface area contributed by atoms with Gasteiger partial charge in [0.2, 0.25) is 5.24 Å². The number of benzene rings is 6. The van der Waals surface area contributed by atoms with Crippen molar-refractivity contribution in [2.75, 3.05) is 24.7 Å². The van der Waals surface area contributed by atoms with Crippen molar-refractivity contribution in [2.24, 2.45) is 45.3 Å². The molecule has 4 atom stereocenters. The Morgan fingerprint density at radius 3 is 0.968 bits per heavy atom. The summed E-state index contributed by atoms with van der Waals surface area (Å²) < 4.78 is 80.6. The molecule has 0 radical (unpaired) electrons. The van der Waals surface area contributed by atoms with Gasteiger partial charge in [0.1, 0.15) is 37.3 Å². The summed E-state index contributed by atoms with van der Waals surface area (Å²) in [5.41, 5.74) is -1.50. The van der Waals surface area contributed by atoms with Crippen LogP contribution in [0.4, 0.5) is 0 Å². The number of halogens is 1. The van der Waals surface area contributed by atoms with Gasteiger partial charge in [-0.1, -0.05) is 122 Å². The first-order valence-electron chi connectivity index (χ1n) is 32.2. The second-order valence-electron chi connectivity index (χ2n) is 28.0. The summed E-state index contributed by atoms with van der Waals surface area (Å²) in [6.45, 7) is 18.0. The number of aliphatic hydroxyl groups is 1. The molecule has 6 aromatic carbocycles. The van der Waals surface area contributed by atoms with E-state index in [1.165, 1.54) is 35.8 Å². The maximum absolute atomic E-state index is 12.2. The van der Waals surface area contributed by atoms with Crippen molar-refractivity contribution in [3.8, 4) is 0 Å². The Morgan fingerprint density at radius 2 is 0.737 bits per heavy atom. The molecule has 8 aliphatic rings. The van der Waals surface area contributed by atoms with E-state index < -0.39 is 66.1 Å². The molecule has 0 spiro atoms. The van der Waals surface area contributed by atoms with Crippen LogP contribution in [0.25, 0.3) is 0 Å². The standard InChI is InChI=1S/C20H30O7S.2C18H15S.C16H26O6S.C4H5ClO/c1-13(2)17(22)27-18(3,4)20-8-14-5-15(9-20)7-19(6-14,11-20)12-26-16(21)10-28(23,24)25;2*1-4-10-16(11-5-1)19(17-12-6-2-7-13-17)18-14-8-3-9-15-18;1-14(2,18)16-6-11-3-12(7-16)5-15(4-11,9-16)10-22-13(17)8-23(19,20)21;1-3(2)4(5)6/h14-15H,1,5-12H2,2-4H3,(H,23,24,25);2*1-15H;11-12,18H,3-10H2,1-2H3,(H,19,20,21);1H2,2H3/q;2*+1;;/p-2. The number of ether oxygens (including phenoxy) is 3. The van der Waals surface area contributed by atoms with Crippen molar-refractivity contribution in [2.45, 2.75) is 159 Å². The van der Waals surface area contributed by atoms with Gasteiger partial charge in [0, 0.05) is 27.4 Å². The number of esters is 3. The molecule has 0 heterocycles. The van der Waals surface area contributed by atoms with Crippen molar-refractivity contribution in [3.63, 3.8) is 0 Å². The summed E-state index contributed by atoms with van der Waals surface area (Å²) >= 11 is 4.87. The second-order valence-corrected chi connectivity index (χ2v) is 35.2. The van der Waals surface area contributed by atoms with E-state index in [2.05, 4.69) is 195 Å². The fraction of sp³-hybridized carbons (Fsp3) is 0.421. The maximum Gasteiger partial charge on any atom is 0.333 e. The Morgan fingerprint density at radius 1 is 0.484 bits per heavy atom. The number of hydrogen-bond acceptors (Lipinski definition) is 14. The van der Waals surface area contributed by atoms with Crippen molar-refractivity contribution in [3.05, 3.63) is 206 Å².